The molecule has 0 saturated carbocycles. The summed E-state index contributed by atoms with van der Waals surface area (Å²) in [6.45, 7) is 0.0296. The van der Waals surface area contributed by atoms with Crippen molar-refractivity contribution in [2.45, 2.75) is 18.4 Å². The predicted molar refractivity (Wildman–Crippen MR) is 57.4 cm³/mol. The fraction of sp³-hybridized carbons (Fsp3) is 0.417. The Morgan fingerprint density at radius 3 is 2.67 bits per heavy atom. The molecule has 0 spiro atoms. The molecule has 1 aromatic carbocycles. The lowest BCUT2D eigenvalue weighted by molar-refractivity contribution is -0.128. The Morgan fingerprint density at radius 2 is 2.07 bits per heavy atom. The van der Waals surface area contributed by atoms with Crippen LogP contribution in [0.15, 0.2) is 30.3 Å². The average Bonchev–Trinajstić information content (AvgIpc) is 2.56. The van der Waals surface area contributed by atoms with Crippen molar-refractivity contribution < 1.29 is 9.90 Å². The van der Waals surface area contributed by atoms with E-state index < -0.39 is 0 Å². The van der Waals surface area contributed by atoms with Crippen molar-refractivity contribution in [3.63, 3.8) is 0 Å². The smallest absolute Gasteiger partial charge is 0.223 e. The minimum Gasteiger partial charge on any atom is -0.394 e. The highest BCUT2D eigenvalue weighted by atomic mass is 16.3. The Bertz CT molecular complexity index is 350. The maximum Gasteiger partial charge on any atom is 0.223 e. The summed E-state index contributed by atoms with van der Waals surface area (Å²) in [5.74, 6) is 0.247. The molecule has 2 rings (SSSR count). The van der Waals surface area contributed by atoms with E-state index in [1.165, 1.54) is 0 Å². The van der Waals surface area contributed by atoms with Crippen LogP contribution in [0.25, 0.3) is 0 Å². The Labute approximate surface area is 89.3 Å². The Kier molecular flexibility index (Phi) is 2.73. The highest BCUT2D eigenvalue weighted by molar-refractivity contribution is 5.80. The van der Waals surface area contributed by atoms with Crippen molar-refractivity contribution >= 4 is 5.91 Å². The van der Waals surface area contributed by atoms with Gasteiger partial charge in [-0.1, -0.05) is 30.3 Å². The van der Waals surface area contributed by atoms with Gasteiger partial charge in [-0.05, 0) is 5.56 Å². The van der Waals surface area contributed by atoms with Crippen LogP contribution in [0.1, 0.15) is 17.9 Å². The summed E-state index contributed by atoms with van der Waals surface area (Å²) in [7, 11) is 1.76. The summed E-state index contributed by atoms with van der Waals surface area (Å²) in [5.41, 5.74) is 1.13. The van der Waals surface area contributed by atoms with E-state index in [1.54, 1.807) is 11.9 Å². The number of hydrogen-bond donors (Lipinski definition) is 1. The van der Waals surface area contributed by atoms with Crippen LogP contribution >= 0.6 is 0 Å². The van der Waals surface area contributed by atoms with Gasteiger partial charge in [-0.25, -0.2) is 0 Å². The number of rotatable bonds is 2. The van der Waals surface area contributed by atoms with Crippen LogP contribution in [0, 0.1) is 0 Å². The van der Waals surface area contributed by atoms with Gasteiger partial charge in [0.15, 0.2) is 0 Å². The molecule has 0 aromatic heterocycles. The number of nitrogens with zero attached hydrogens (tertiary/aromatic N) is 1. The molecule has 1 fully saturated rings. The van der Waals surface area contributed by atoms with Crippen LogP contribution in [-0.4, -0.2) is 35.6 Å². The van der Waals surface area contributed by atoms with Crippen molar-refractivity contribution in [2.75, 3.05) is 13.7 Å². The maximum absolute atomic E-state index is 11.5. The van der Waals surface area contributed by atoms with Crippen LogP contribution in [0.5, 0.6) is 0 Å². The van der Waals surface area contributed by atoms with Gasteiger partial charge in [0.05, 0.1) is 12.6 Å². The van der Waals surface area contributed by atoms with Gasteiger partial charge in [0, 0.05) is 19.4 Å². The molecule has 1 heterocycles. The van der Waals surface area contributed by atoms with Crippen molar-refractivity contribution in [2.24, 2.45) is 0 Å². The largest absolute Gasteiger partial charge is 0.394 e. The van der Waals surface area contributed by atoms with Crippen LogP contribution in [0.4, 0.5) is 0 Å². The second-order valence-corrected chi connectivity index (χ2v) is 3.98. The SMILES string of the molecule is CN1C(=O)CC(c2ccccc2)C1CO. The molecule has 3 heteroatoms. The van der Waals surface area contributed by atoms with E-state index in [0.29, 0.717) is 6.42 Å². The first-order valence-corrected chi connectivity index (χ1v) is 5.15. The van der Waals surface area contributed by atoms with Crippen LogP contribution in [-0.2, 0) is 4.79 Å². The minimum atomic E-state index is -0.0695. The molecule has 3 nitrogen and oxygen atoms in total. The van der Waals surface area contributed by atoms with Crippen LogP contribution in [0.3, 0.4) is 0 Å². The van der Waals surface area contributed by atoms with E-state index in [1.807, 2.05) is 30.3 Å². The first kappa shape index (κ1) is 10.2. The van der Waals surface area contributed by atoms with E-state index in [4.69, 9.17) is 0 Å². The van der Waals surface area contributed by atoms with Gasteiger partial charge >= 0.3 is 0 Å². The predicted octanol–water partition coefficient (Wildman–Crippen LogP) is 0.993. The number of aliphatic hydroxyl groups is 1. The molecule has 2 unspecified atom stereocenters. The molecular formula is C12H15NO2. The van der Waals surface area contributed by atoms with Crippen molar-refractivity contribution in [1.82, 2.24) is 4.90 Å². The van der Waals surface area contributed by atoms with Gasteiger partial charge in [0.25, 0.3) is 0 Å². The summed E-state index contributed by atoms with van der Waals surface area (Å²) in [5, 5.41) is 9.29. The molecule has 1 aromatic rings. The van der Waals surface area contributed by atoms with Crippen LogP contribution < -0.4 is 0 Å². The zero-order chi connectivity index (χ0) is 10.8. The monoisotopic (exact) mass is 205 g/mol. The first-order chi connectivity index (χ1) is 7.24. The minimum absolute atomic E-state index is 0.0296. The Balaban J connectivity index is 2.27. The number of likely N-dealkylation sites (N-methyl/N-ethyl adjacent to an activating group) is 1. The molecule has 0 bridgehead atoms. The molecule has 15 heavy (non-hydrogen) atoms. The normalized spacial score (nSPS) is 26.0. The van der Waals surface area contributed by atoms with Gasteiger partial charge in [-0.2, -0.15) is 0 Å². The molecule has 0 radical (unpaired) electrons. The van der Waals surface area contributed by atoms with Crippen LogP contribution in [0.2, 0.25) is 0 Å². The summed E-state index contributed by atoms with van der Waals surface area (Å²) in [4.78, 5) is 13.2. The molecule has 1 aliphatic heterocycles. The Hall–Kier alpha value is -1.35. The van der Waals surface area contributed by atoms with Crippen molar-refractivity contribution in [1.29, 1.82) is 0 Å². The fourth-order valence-electron chi connectivity index (χ4n) is 2.21. The van der Waals surface area contributed by atoms with Crippen molar-refractivity contribution in [3.8, 4) is 0 Å². The summed E-state index contributed by atoms with van der Waals surface area (Å²) < 4.78 is 0. The van der Waals surface area contributed by atoms with E-state index in [-0.39, 0.29) is 24.5 Å². The lowest BCUT2D eigenvalue weighted by Gasteiger charge is -2.22. The second kappa shape index (κ2) is 4.03. The zero-order valence-electron chi connectivity index (χ0n) is 8.76. The van der Waals surface area contributed by atoms with Gasteiger partial charge in [-0.3, -0.25) is 4.79 Å². The number of hydrogen-bond acceptors (Lipinski definition) is 2. The number of likely N-dealkylation sites (tertiary alicyclic amines) is 1. The lowest BCUT2D eigenvalue weighted by atomic mass is 9.92. The summed E-state index contributed by atoms with van der Waals surface area (Å²) >= 11 is 0. The lowest BCUT2D eigenvalue weighted by Crippen LogP contribution is -2.33. The molecule has 2 atom stereocenters. The molecule has 1 saturated heterocycles. The summed E-state index contributed by atoms with van der Waals surface area (Å²) in [6, 6.07) is 9.84. The highest BCUT2D eigenvalue weighted by Crippen LogP contribution is 2.32. The van der Waals surface area contributed by atoms with Gasteiger partial charge in [0.2, 0.25) is 5.91 Å². The standard InChI is InChI=1S/C12H15NO2/c1-13-11(8-14)10(7-12(13)15)9-5-3-2-4-6-9/h2-6,10-11,14H,7-8H2,1H3. The Morgan fingerprint density at radius 1 is 1.40 bits per heavy atom. The number of carbonyl (C=O) groups excluding carboxylic acids is 1. The van der Waals surface area contributed by atoms with Crippen molar-refractivity contribution in [3.05, 3.63) is 35.9 Å². The van der Waals surface area contributed by atoms with E-state index in [2.05, 4.69) is 0 Å². The summed E-state index contributed by atoms with van der Waals surface area (Å²) in [6.07, 6.45) is 0.506. The number of amides is 1. The maximum atomic E-state index is 11.5. The van der Waals surface area contributed by atoms with E-state index in [9.17, 15) is 9.90 Å². The van der Waals surface area contributed by atoms with Gasteiger partial charge in [0.1, 0.15) is 0 Å². The highest BCUT2D eigenvalue weighted by Gasteiger charge is 2.37. The molecule has 1 aliphatic rings. The molecule has 1 N–H and O–H groups in total. The first-order valence-electron chi connectivity index (χ1n) is 5.15. The van der Waals surface area contributed by atoms with Gasteiger partial charge in [-0.15, -0.1) is 0 Å². The topological polar surface area (TPSA) is 40.5 Å². The molecular weight excluding hydrogens is 190 g/mol. The third kappa shape index (κ3) is 1.75. The quantitative estimate of drug-likeness (QED) is 0.782. The fourth-order valence-corrected chi connectivity index (χ4v) is 2.21. The third-order valence-electron chi connectivity index (χ3n) is 3.16. The van der Waals surface area contributed by atoms with E-state index in [0.717, 1.165) is 5.56 Å². The number of benzene rings is 1. The number of aliphatic hydroxyl groups excluding tert-OH is 1. The number of carbonyl (C=O) groups is 1. The third-order valence-corrected chi connectivity index (χ3v) is 3.16. The molecule has 0 aliphatic carbocycles. The molecule has 1 amide bonds. The molecule has 80 valence electrons. The second-order valence-electron chi connectivity index (χ2n) is 3.98. The average molecular weight is 205 g/mol. The van der Waals surface area contributed by atoms with E-state index >= 15 is 0 Å². The van der Waals surface area contributed by atoms with Gasteiger partial charge < -0.3 is 10.0 Å². The zero-order valence-corrected chi connectivity index (χ0v) is 8.76.